The molecule has 4 rings (SSSR count). The van der Waals surface area contributed by atoms with Gasteiger partial charge >= 0.3 is 0 Å². The maximum atomic E-state index is 12.6. The Kier molecular flexibility index (Phi) is 5.01. The molecule has 1 aromatic carbocycles. The Morgan fingerprint density at radius 3 is 2.89 bits per heavy atom. The molecule has 0 spiro atoms. The van der Waals surface area contributed by atoms with Gasteiger partial charge in [-0.2, -0.15) is 5.10 Å². The number of anilines is 1. The summed E-state index contributed by atoms with van der Waals surface area (Å²) in [5, 5.41) is 8.75. The Hall–Kier alpha value is -3.29. The van der Waals surface area contributed by atoms with Crippen LogP contribution in [0.3, 0.4) is 0 Å². The van der Waals surface area contributed by atoms with Crippen LogP contribution in [0.4, 0.5) is 5.69 Å². The van der Waals surface area contributed by atoms with Gasteiger partial charge in [-0.15, -0.1) is 0 Å². The Bertz CT molecular complexity index is 970. The maximum Gasteiger partial charge on any atom is 0.246 e. The van der Waals surface area contributed by atoms with Crippen LogP contribution in [0, 0.1) is 0 Å². The summed E-state index contributed by atoms with van der Waals surface area (Å²) in [6, 6.07) is 10.4. The number of para-hydroxylation sites is 1. The average Bonchev–Trinajstić information content (AvgIpc) is 3.31. The molecule has 1 aliphatic rings. The SMILES string of the molecule is CN=C(NCCc1cc2ccccc2[nH]1)N1CCN(c2cnn(C)c2)C(=O)C1. The third kappa shape index (κ3) is 3.71. The summed E-state index contributed by atoms with van der Waals surface area (Å²) in [6.45, 7) is 2.40. The van der Waals surface area contributed by atoms with Crippen molar-refractivity contribution in [3.8, 4) is 0 Å². The summed E-state index contributed by atoms with van der Waals surface area (Å²) >= 11 is 0. The average molecular weight is 379 g/mol. The van der Waals surface area contributed by atoms with Crippen molar-refractivity contribution in [1.29, 1.82) is 0 Å². The lowest BCUT2D eigenvalue weighted by molar-refractivity contribution is -0.120. The molecule has 8 nitrogen and oxygen atoms in total. The summed E-state index contributed by atoms with van der Waals surface area (Å²) in [7, 11) is 3.60. The minimum atomic E-state index is 0.0535. The molecule has 8 heteroatoms. The lowest BCUT2D eigenvalue weighted by atomic mass is 10.2. The van der Waals surface area contributed by atoms with Gasteiger partial charge in [-0.3, -0.25) is 14.5 Å². The van der Waals surface area contributed by atoms with Crippen LogP contribution in [0.1, 0.15) is 5.69 Å². The van der Waals surface area contributed by atoms with Gasteiger partial charge < -0.3 is 20.1 Å². The van der Waals surface area contributed by atoms with E-state index in [1.807, 2.05) is 30.3 Å². The molecule has 146 valence electrons. The minimum absolute atomic E-state index is 0.0535. The van der Waals surface area contributed by atoms with E-state index >= 15 is 0 Å². The van der Waals surface area contributed by atoms with Crippen molar-refractivity contribution in [2.45, 2.75) is 6.42 Å². The standard InChI is InChI=1S/C20H25N7O/c1-21-20(22-8-7-16-11-15-5-3-4-6-18(15)24-16)26-9-10-27(19(28)14-26)17-12-23-25(2)13-17/h3-6,11-13,24H,7-10,14H2,1-2H3,(H,21,22). The molecule has 0 saturated carbocycles. The number of nitrogens with zero attached hydrogens (tertiary/aromatic N) is 5. The number of hydrogen-bond donors (Lipinski definition) is 2. The predicted molar refractivity (Wildman–Crippen MR) is 110 cm³/mol. The number of H-pyrrole nitrogens is 1. The van der Waals surface area contributed by atoms with Crippen LogP contribution in [-0.2, 0) is 18.3 Å². The Morgan fingerprint density at radius 2 is 2.18 bits per heavy atom. The summed E-state index contributed by atoms with van der Waals surface area (Å²) in [4.78, 5) is 24.2. The van der Waals surface area contributed by atoms with Gasteiger partial charge in [0.1, 0.15) is 6.54 Å². The highest BCUT2D eigenvalue weighted by Gasteiger charge is 2.27. The number of guanidine groups is 1. The second kappa shape index (κ2) is 7.75. The highest BCUT2D eigenvalue weighted by Crippen LogP contribution is 2.16. The van der Waals surface area contributed by atoms with Gasteiger partial charge in [-0.25, -0.2) is 0 Å². The van der Waals surface area contributed by atoms with Crippen LogP contribution in [-0.4, -0.2) is 64.8 Å². The van der Waals surface area contributed by atoms with Crippen molar-refractivity contribution in [3.05, 3.63) is 48.4 Å². The number of fused-ring (bicyclic) bond motifs is 1. The first-order valence-electron chi connectivity index (χ1n) is 9.45. The first-order chi connectivity index (χ1) is 13.6. The number of carbonyl (C=O) groups is 1. The van der Waals surface area contributed by atoms with Gasteiger partial charge in [0, 0.05) is 57.6 Å². The zero-order chi connectivity index (χ0) is 19.5. The highest BCUT2D eigenvalue weighted by atomic mass is 16.2. The number of aryl methyl sites for hydroxylation is 1. The van der Waals surface area contributed by atoms with E-state index in [2.05, 4.69) is 38.6 Å². The van der Waals surface area contributed by atoms with E-state index in [0.717, 1.165) is 36.7 Å². The number of aliphatic imine (C=N–C) groups is 1. The first kappa shape index (κ1) is 18.1. The van der Waals surface area contributed by atoms with E-state index in [1.54, 1.807) is 22.8 Å². The summed E-state index contributed by atoms with van der Waals surface area (Å²) < 4.78 is 1.71. The number of benzene rings is 1. The predicted octanol–water partition coefficient (Wildman–Crippen LogP) is 1.37. The fourth-order valence-electron chi connectivity index (χ4n) is 3.58. The third-order valence-electron chi connectivity index (χ3n) is 5.00. The number of piperazine rings is 1. The van der Waals surface area contributed by atoms with Crippen LogP contribution >= 0.6 is 0 Å². The van der Waals surface area contributed by atoms with E-state index < -0.39 is 0 Å². The van der Waals surface area contributed by atoms with Gasteiger partial charge in [0.2, 0.25) is 5.91 Å². The third-order valence-corrected chi connectivity index (χ3v) is 5.00. The van der Waals surface area contributed by atoms with Gasteiger partial charge in [0.05, 0.1) is 11.9 Å². The monoisotopic (exact) mass is 379 g/mol. The summed E-state index contributed by atoms with van der Waals surface area (Å²) in [5.41, 5.74) is 3.18. The topological polar surface area (TPSA) is 81.6 Å². The van der Waals surface area contributed by atoms with E-state index in [4.69, 9.17) is 0 Å². The highest BCUT2D eigenvalue weighted by molar-refractivity contribution is 5.98. The van der Waals surface area contributed by atoms with Gasteiger partial charge in [0.15, 0.2) is 5.96 Å². The van der Waals surface area contributed by atoms with E-state index in [-0.39, 0.29) is 5.91 Å². The van der Waals surface area contributed by atoms with Crippen molar-refractivity contribution >= 4 is 28.5 Å². The molecule has 0 unspecified atom stereocenters. The molecule has 3 aromatic rings. The van der Waals surface area contributed by atoms with Crippen molar-refractivity contribution in [2.75, 3.05) is 38.1 Å². The lowest BCUT2D eigenvalue weighted by Crippen LogP contribution is -2.55. The van der Waals surface area contributed by atoms with Crippen molar-refractivity contribution in [1.82, 2.24) is 25.0 Å². The molecule has 2 N–H and O–H groups in total. The number of aromatic nitrogens is 3. The number of aromatic amines is 1. The molecule has 0 aliphatic carbocycles. The molecular weight excluding hydrogens is 354 g/mol. The van der Waals surface area contributed by atoms with E-state index in [1.165, 1.54) is 11.1 Å². The smallest absolute Gasteiger partial charge is 0.246 e. The number of rotatable bonds is 4. The fourth-order valence-corrected chi connectivity index (χ4v) is 3.58. The van der Waals surface area contributed by atoms with Crippen LogP contribution < -0.4 is 10.2 Å². The maximum absolute atomic E-state index is 12.6. The molecule has 0 atom stereocenters. The molecule has 1 amide bonds. The van der Waals surface area contributed by atoms with Gasteiger partial charge in [0.25, 0.3) is 0 Å². The van der Waals surface area contributed by atoms with Crippen LogP contribution in [0.5, 0.6) is 0 Å². The quantitative estimate of drug-likeness (QED) is 0.530. The van der Waals surface area contributed by atoms with Crippen molar-refractivity contribution in [3.63, 3.8) is 0 Å². The van der Waals surface area contributed by atoms with Crippen LogP contribution in [0.15, 0.2) is 47.7 Å². The summed E-state index contributed by atoms with van der Waals surface area (Å²) in [6.07, 6.45) is 4.44. The van der Waals surface area contributed by atoms with Crippen LogP contribution in [0.2, 0.25) is 0 Å². The number of nitrogens with one attached hydrogen (secondary N) is 2. The molecule has 1 fully saturated rings. The fraction of sp³-hybridized carbons (Fsp3) is 0.350. The van der Waals surface area contributed by atoms with E-state index in [0.29, 0.717) is 13.1 Å². The molecule has 0 bridgehead atoms. The molecule has 3 heterocycles. The Labute approximate surface area is 163 Å². The van der Waals surface area contributed by atoms with Gasteiger partial charge in [-0.05, 0) is 17.5 Å². The molecule has 1 saturated heterocycles. The summed E-state index contributed by atoms with van der Waals surface area (Å²) in [5.74, 6) is 0.813. The second-order valence-corrected chi connectivity index (χ2v) is 6.94. The number of carbonyl (C=O) groups excluding carboxylic acids is 1. The van der Waals surface area contributed by atoms with Crippen molar-refractivity contribution in [2.24, 2.45) is 12.0 Å². The Balaban J connectivity index is 1.32. The molecule has 0 radical (unpaired) electrons. The molecule has 2 aromatic heterocycles. The van der Waals surface area contributed by atoms with Crippen LogP contribution in [0.25, 0.3) is 10.9 Å². The molecular formula is C20H25N7O. The largest absolute Gasteiger partial charge is 0.358 e. The lowest BCUT2D eigenvalue weighted by Gasteiger charge is -2.35. The zero-order valence-corrected chi connectivity index (χ0v) is 16.2. The number of amides is 1. The van der Waals surface area contributed by atoms with Crippen molar-refractivity contribution < 1.29 is 4.79 Å². The van der Waals surface area contributed by atoms with Gasteiger partial charge in [-0.1, -0.05) is 18.2 Å². The minimum Gasteiger partial charge on any atom is -0.358 e. The molecule has 28 heavy (non-hydrogen) atoms. The normalized spacial score (nSPS) is 15.5. The number of hydrogen-bond acceptors (Lipinski definition) is 3. The second-order valence-electron chi connectivity index (χ2n) is 6.94. The first-order valence-corrected chi connectivity index (χ1v) is 9.45. The molecule has 1 aliphatic heterocycles. The van der Waals surface area contributed by atoms with E-state index in [9.17, 15) is 4.79 Å². The zero-order valence-electron chi connectivity index (χ0n) is 16.2. The Morgan fingerprint density at radius 1 is 1.32 bits per heavy atom.